The third-order valence-electron chi connectivity index (χ3n) is 1.23. The van der Waals surface area contributed by atoms with Crippen molar-refractivity contribution in [3.8, 4) is 12.3 Å². The van der Waals surface area contributed by atoms with Crippen LogP contribution in [0.5, 0.6) is 0 Å². The van der Waals surface area contributed by atoms with Crippen LogP contribution in [0, 0.1) is 12.3 Å². The zero-order chi connectivity index (χ0) is 8.91. The van der Waals surface area contributed by atoms with Gasteiger partial charge in [-0.15, -0.1) is 6.42 Å². The average Bonchev–Trinajstić information content (AvgIpc) is 1.84. The minimum absolute atomic E-state index is 0.0478. The summed E-state index contributed by atoms with van der Waals surface area (Å²) in [5, 5.41) is 0. The van der Waals surface area contributed by atoms with Gasteiger partial charge in [-0.2, -0.15) is 0 Å². The predicted octanol–water partition coefficient (Wildman–Crippen LogP) is 2.64. The molecule has 1 atom stereocenters. The van der Waals surface area contributed by atoms with Crippen molar-refractivity contribution in [1.82, 2.24) is 0 Å². The summed E-state index contributed by atoms with van der Waals surface area (Å²) >= 11 is 0. The summed E-state index contributed by atoms with van der Waals surface area (Å²) in [6.07, 6.45) is 7.44. The maximum atomic E-state index is 5.73. The normalized spacial score (nSPS) is 14.1. The molecule has 0 heterocycles. The van der Waals surface area contributed by atoms with E-state index in [-0.39, 0.29) is 6.10 Å². The zero-order valence-electron chi connectivity index (χ0n) is 7.98. The Kier molecular flexibility index (Phi) is 4.47. The van der Waals surface area contributed by atoms with Crippen LogP contribution in [0.2, 0.25) is 19.6 Å². The van der Waals surface area contributed by atoms with Crippen LogP contribution in [0.25, 0.3) is 0 Å². The van der Waals surface area contributed by atoms with Crippen LogP contribution in [0.3, 0.4) is 0 Å². The van der Waals surface area contributed by atoms with E-state index in [1.54, 1.807) is 0 Å². The van der Waals surface area contributed by atoms with Crippen LogP contribution in [-0.4, -0.2) is 14.4 Å². The first-order valence-electron chi connectivity index (χ1n) is 4.13. The maximum Gasteiger partial charge on any atom is 0.185 e. The third kappa shape index (κ3) is 6.15. The van der Waals surface area contributed by atoms with Crippen molar-refractivity contribution in [2.75, 3.05) is 0 Å². The Bertz CT molecular complexity index is 141. The Morgan fingerprint density at radius 3 is 2.27 bits per heavy atom. The highest BCUT2D eigenvalue weighted by molar-refractivity contribution is 6.69. The second-order valence-electron chi connectivity index (χ2n) is 3.67. The third-order valence-corrected chi connectivity index (χ3v) is 2.22. The molecule has 0 fully saturated rings. The summed E-state index contributed by atoms with van der Waals surface area (Å²) in [5.41, 5.74) is 0. The van der Waals surface area contributed by atoms with Crippen LogP contribution in [0.1, 0.15) is 19.8 Å². The van der Waals surface area contributed by atoms with Gasteiger partial charge in [-0.3, -0.25) is 0 Å². The fourth-order valence-corrected chi connectivity index (χ4v) is 1.90. The molecule has 64 valence electrons. The Labute approximate surface area is 71.3 Å². The van der Waals surface area contributed by atoms with Crippen molar-refractivity contribution in [3.63, 3.8) is 0 Å². The molecule has 1 nitrogen and oxygen atoms in total. The van der Waals surface area contributed by atoms with Gasteiger partial charge in [0.1, 0.15) is 6.10 Å². The summed E-state index contributed by atoms with van der Waals surface area (Å²) in [4.78, 5) is 0. The van der Waals surface area contributed by atoms with E-state index in [2.05, 4.69) is 32.5 Å². The van der Waals surface area contributed by atoms with E-state index in [1.165, 1.54) is 0 Å². The molecular formula is C9H18OSi. The summed E-state index contributed by atoms with van der Waals surface area (Å²) in [7, 11) is -1.42. The van der Waals surface area contributed by atoms with E-state index in [9.17, 15) is 0 Å². The highest BCUT2D eigenvalue weighted by Gasteiger charge is 2.18. The van der Waals surface area contributed by atoms with Gasteiger partial charge in [-0.25, -0.2) is 0 Å². The molecule has 0 saturated carbocycles. The van der Waals surface area contributed by atoms with Gasteiger partial charge >= 0.3 is 0 Å². The van der Waals surface area contributed by atoms with Gasteiger partial charge in [0.2, 0.25) is 0 Å². The van der Waals surface area contributed by atoms with Gasteiger partial charge in [0.05, 0.1) is 0 Å². The van der Waals surface area contributed by atoms with Gasteiger partial charge in [-0.05, 0) is 26.1 Å². The van der Waals surface area contributed by atoms with Crippen molar-refractivity contribution >= 4 is 8.32 Å². The molecule has 0 aromatic heterocycles. The molecule has 11 heavy (non-hydrogen) atoms. The van der Waals surface area contributed by atoms with Crippen molar-refractivity contribution < 1.29 is 4.43 Å². The Morgan fingerprint density at radius 2 is 2.00 bits per heavy atom. The highest BCUT2D eigenvalue weighted by Crippen LogP contribution is 2.10. The van der Waals surface area contributed by atoms with Crippen LogP contribution in [0.4, 0.5) is 0 Å². The summed E-state index contributed by atoms with van der Waals surface area (Å²) in [6.45, 7) is 8.60. The lowest BCUT2D eigenvalue weighted by atomic mass is 10.2. The van der Waals surface area contributed by atoms with Crippen LogP contribution < -0.4 is 0 Å². The quantitative estimate of drug-likeness (QED) is 0.465. The highest BCUT2D eigenvalue weighted by atomic mass is 28.4. The van der Waals surface area contributed by atoms with Crippen molar-refractivity contribution in [2.45, 2.75) is 45.5 Å². The SMILES string of the molecule is C#CC(CCC)O[Si](C)(C)C. The summed E-state index contributed by atoms with van der Waals surface area (Å²) < 4.78 is 5.73. The second kappa shape index (κ2) is 4.58. The fourth-order valence-electron chi connectivity index (χ4n) is 0.865. The number of hydrogen-bond donors (Lipinski definition) is 0. The topological polar surface area (TPSA) is 9.23 Å². The van der Waals surface area contributed by atoms with E-state index in [1.807, 2.05) is 0 Å². The molecule has 2 heteroatoms. The predicted molar refractivity (Wildman–Crippen MR) is 52.0 cm³/mol. The fraction of sp³-hybridized carbons (Fsp3) is 0.778. The summed E-state index contributed by atoms with van der Waals surface area (Å²) in [5.74, 6) is 2.67. The first kappa shape index (κ1) is 10.7. The van der Waals surface area contributed by atoms with E-state index in [0.29, 0.717) is 0 Å². The average molecular weight is 170 g/mol. The summed E-state index contributed by atoms with van der Waals surface area (Å²) in [6, 6.07) is 0. The molecule has 0 bridgehead atoms. The van der Waals surface area contributed by atoms with Gasteiger partial charge in [0.25, 0.3) is 0 Å². The molecule has 0 N–H and O–H groups in total. The van der Waals surface area contributed by atoms with Crippen molar-refractivity contribution in [2.24, 2.45) is 0 Å². The molecule has 0 rings (SSSR count). The molecule has 0 radical (unpaired) electrons. The van der Waals surface area contributed by atoms with Crippen LogP contribution >= 0.6 is 0 Å². The monoisotopic (exact) mass is 170 g/mol. The molecule has 0 aliphatic heterocycles. The second-order valence-corrected chi connectivity index (χ2v) is 8.13. The van der Waals surface area contributed by atoms with Gasteiger partial charge in [0, 0.05) is 0 Å². The zero-order valence-corrected chi connectivity index (χ0v) is 8.98. The van der Waals surface area contributed by atoms with E-state index in [4.69, 9.17) is 10.8 Å². The molecule has 1 unspecified atom stereocenters. The number of rotatable bonds is 4. The molecule has 0 amide bonds. The molecular weight excluding hydrogens is 152 g/mol. The Hall–Kier alpha value is -0.263. The van der Waals surface area contributed by atoms with Crippen molar-refractivity contribution in [3.05, 3.63) is 0 Å². The van der Waals surface area contributed by atoms with Crippen molar-refractivity contribution in [1.29, 1.82) is 0 Å². The number of hydrogen-bond acceptors (Lipinski definition) is 1. The van der Waals surface area contributed by atoms with E-state index in [0.717, 1.165) is 12.8 Å². The molecule has 0 aliphatic carbocycles. The minimum Gasteiger partial charge on any atom is -0.404 e. The maximum absolute atomic E-state index is 5.73. The van der Waals surface area contributed by atoms with Gasteiger partial charge in [-0.1, -0.05) is 19.3 Å². The van der Waals surface area contributed by atoms with Gasteiger partial charge < -0.3 is 4.43 Å². The molecule has 0 aliphatic rings. The minimum atomic E-state index is -1.42. The Balaban J connectivity index is 3.81. The molecule has 0 aromatic rings. The Morgan fingerprint density at radius 1 is 1.45 bits per heavy atom. The van der Waals surface area contributed by atoms with Gasteiger partial charge in [0.15, 0.2) is 8.32 Å². The van der Waals surface area contributed by atoms with Crippen LogP contribution in [-0.2, 0) is 4.43 Å². The number of terminal acetylenes is 1. The molecule has 0 spiro atoms. The molecule has 0 aromatic carbocycles. The van der Waals surface area contributed by atoms with Crippen LogP contribution in [0.15, 0.2) is 0 Å². The first-order chi connectivity index (χ1) is 4.99. The first-order valence-corrected chi connectivity index (χ1v) is 7.54. The standard InChI is InChI=1S/C9H18OSi/c1-6-8-9(7-2)10-11(3,4)5/h2,9H,6,8H2,1,3-5H3. The molecule has 0 saturated heterocycles. The van der Waals surface area contributed by atoms with E-state index < -0.39 is 8.32 Å². The lowest BCUT2D eigenvalue weighted by molar-refractivity contribution is 0.239. The smallest absolute Gasteiger partial charge is 0.185 e. The largest absolute Gasteiger partial charge is 0.404 e. The van der Waals surface area contributed by atoms with E-state index >= 15 is 0 Å². The lowest BCUT2D eigenvalue weighted by Gasteiger charge is -2.22. The lowest BCUT2D eigenvalue weighted by Crippen LogP contribution is -2.31.